The Morgan fingerprint density at radius 2 is 1.54 bits per heavy atom. The number of anilines is 1. The summed E-state index contributed by atoms with van der Waals surface area (Å²) in [6.45, 7) is -2.72. The number of alkyl halides is 6. The van der Waals surface area contributed by atoms with Crippen LogP contribution >= 0.6 is 23.2 Å². The fourth-order valence-electron chi connectivity index (χ4n) is 3.56. The first kappa shape index (κ1) is 30.4. The van der Waals surface area contributed by atoms with Gasteiger partial charge in [0.05, 0.1) is 23.8 Å². The van der Waals surface area contributed by atoms with Crippen LogP contribution in [0.5, 0.6) is 0 Å². The molecule has 220 valence electrons. The highest BCUT2D eigenvalue weighted by Gasteiger charge is 2.40. The van der Waals surface area contributed by atoms with E-state index < -0.39 is 49.9 Å². The smallest absolute Gasteiger partial charge is 0.382 e. The van der Waals surface area contributed by atoms with E-state index in [1.54, 1.807) is 12.1 Å². The monoisotopic (exact) mass is 625 g/mol. The zero-order valence-electron chi connectivity index (χ0n) is 20.4. The summed E-state index contributed by atoms with van der Waals surface area (Å²) in [5, 5.41) is 30.1. The highest BCUT2D eigenvalue weighted by atomic mass is 35.5. The number of nitrogens with one attached hydrogen (secondary N) is 1. The van der Waals surface area contributed by atoms with Crippen molar-refractivity contribution in [3.8, 4) is 17.1 Å². The second-order valence-electron chi connectivity index (χ2n) is 8.59. The van der Waals surface area contributed by atoms with Gasteiger partial charge >= 0.3 is 18.0 Å². The molecule has 4 rings (SSSR count). The first-order valence-corrected chi connectivity index (χ1v) is 12.3. The first-order valence-electron chi connectivity index (χ1n) is 11.5. The number of benzene rings is 2. The molecule has 0 saturated carbocycles. The quantitative estimate of drug-likeness (QED) is 0.241. The van der Waals surface area contributed by atoms with Crippen LogP contribution in [0.2, 0.25) is 10.0 Å². The average Bonchev–Trinajstić information content (AvgIpc) is 3.43. The van der Waals surface area contributed by atoms with Crippen molar-refractivity contribution in [1.82, 2.24) is 29.1 Å². The van der Waals surface area contributed by atoms with Crippen molar-refractivity contribution in [2.24, 2.45) is 0 Å². The lowest BCUT2D eigenvalue weighted by molar-refractivity contribution is -0.207. The number of rotatable bonds is 9. The second kappa shape index (κ2) is 11.7. The number of nitrogens with zero attached hydrogens (tertiary/aromatic N) is 6. The molecule has 41 heavy (non-hydrogen) atoms. The molecule has 0 amide bonds. The van der Waals surface area contributed by atoms with E-state index in [0.717, 1.165) is 9.36 Å². The molecular weight excluding hydrogens is 607 g/mol. The van der Waals surface area contributed by atoms with Crippen LogP contribution in [0, 0.1) is 0 Å². The lowest BCUT2D eigenvalue weighted by atomic mass is 10.2. The molecule has 0 aliphatic heterocycles. The molecule has 4 aromatic rings. The van der Waals surface area contributed by atoms with Gasteiger partial charge in [0.15, 0.2) is 23.9 Å². The third-order valence-corrected chi connectivity index (χ3v) is 6.18. The van der Waals surface area contributed by atoms with Gasteiger partial charge in [0, 0.05) is 10.6 Å². The first-order chi connectivity index (χ1) is 19.1. The lowest BCUT2D eigenvalue weighted by Crippen LogP contribution is -2.37. The van der Waals surface area contributed by atoms with Crippen molar-refractivity contribution in [2.45, 2.75) is 37.7 Å². The molecule has 0 bridgehead atoms. The maximum atomic E-state index is 13.1. The summed E-state index contributed by atoms with van der Waals surface area (Å²) in [5.41, 5.74) is -0.669. The Labute approximate surface area is 236 Å². The molecule has 0 aliphatic rings. The van der Waals surface area contributed by atoms with Crippen molar-refractivity contribution >= 4 is 29.2 Å². The fraction of sp³-hybridized carbons (Fsp3) is 0.304. The number of aliphatic hydroxyl groups excluding tert-OH is 2. The molecule has 18 heteroatoms. The van der Waals surface area contributed by atoms with Gasteiger partial charge in [0.25, 0.3) is 0 Å². The summed E-state index contributed by atoms with van der Waals surface area (Å²) < 4.78 is 80.3. The summed E-state index contributed by atoms with van der Waals surface area (Å²) >= 11 is 12.1. The van der Waals surface area contributed by atoms with Gasteiger partial charge in [0.1, 0.15) is 6.54 Å². The molecule has 3 N–H and O–H groups in total. The maximum absolute atomic E-state index is 13.1. The van der Waals surface area contributed by atoms with Crippen LogP contribution < -0.4 is 11.0 Å². The number of aromatic nitrogens is 6. The minimum Gasteiger partial charge on any atom is -0.382 e. The molecule has 2 aromatic heterocycles. The van der Waals surface area contributed by atoms with Gasteiger partial charge in [-0.05, 0) is 36.4 Å². The van der Waals surface area contributed by atoms with E-state index in [0.29, 0.717) is 9.59 Å². The molecule has 0 saturated heterocycles. The van der Waals surface area contributed by atoms with Crippen LogP contribution in [0.15, 0.2) is 53.3 Å². The molecule has 2 aromatic carbocycles. The highest BCUT2D eigenvalue weighted by molar-refractivity contribution is 6.32. The minimum absolute atomic E-state index is 0.135. The topological polar surface area (TPSA) is 123 Å². The van der Waals surface area contributed by atoms with Crippen LogP contribution in [0.25, 0.3) is 17.1 Å². The van der Waals surface area contributed by atoms with Gasteiger partial charge in [0.2, 0.25) is 5.95 Å². The number of halogens is 8. The predicted molar refractivity (Wildman–Crippen MR) is 135 cm³/mol. The molecule has 1 unspecified atom stereocenters. The number of para-hydroxylation sites is 1. The highest BCUT2D eigenvalue weighted by Crippen LogP contribution is 2.26. The maximum Gasteiger partial charge on any atom is 0.416 e. The third kappa shape index (κ3) is 7.01. The summed E-state index contributed by atoms with van der Waals surface area (Å²) in [5.74, 6) is -0.707. The van der Waals surface area contributed by atoms with Crippen molar-refractivity contribution in [3.05, 3.63) is 74.9 Å². The molecule has 0 fully saturated rings. The fourth-order valence-corrected chi connectivity index (χ4v) is 3.90. The van der Waals surface area contributed by atoms with Crippen molar-refractivity contribution in [3.63, 3.8) is 0 Å². The van der Waals surface area contributed by atoms with Crippen LogP contribution in [-0.2, 0) is 13.1 Å². The zero-order chi connectivity index (χ0) is 30.1. The van der Waals surface area contributed by atoms with Crippen LogP contribution in [0.3, 0.4) is 0 Å². The number of hydrogen-bond donors (Lipinski definition) is 3. The third-order valence-electron chi connectivity index (χ3n) is 5.61. The van der Waals surface area contributed by atoms with E-state index in [-0.39, 0.29) is 33.9 Å². The molecule has 0 spiro atoms. The van der Waals surface area contributed by atoms with Gasteiger partial charge in [-0.2, -0.15) is 36.0 Å². The van der Waals surface area contributed by atoms with E-state index in [1.807, 2.05) is 0 Å². The average molecular weight is 626 g/mol. The van der Waals surface area contributed by atoms with Gasteiger partial charge in [-0.1, -0.05) is 35.3 Å². The van der Waals surface area contributed by atoms with E-state index in [1.165, 1.54) is 36.4 Å². The van der Waals surface area contributed by atoms with E-state index in [2.05, 4.69) is 20.5 Å². The van der Waals surface area contributed by atoms with Crippen LogP contribution in [0.1, 0.15) is 5.82 Å². The van der Waals surface area contributed by atoms with Crippen molar-refractivity contribution in [2.75, 3.05) is 11.9 Å². The summed E-state index contributed by atoms with van der Waals surface area (Å²) in [7, 11) is 0. The Morgan fingerprint density at radius 3 is 2.15 bits per heavy atom. The van der Waals surface area contributed by atoms with Gasteiger partial charge in [-0.25, -0.2) is 9.48 Å². The normalized spacial score (nSPS) is 13.8. The minimum atomic E-state index is -5.03. The molecule has 10 nitrogen and oxygen atoms in total. The van der Waals surface area contributed by atoms with Gasteiger partial charge < -0.3 is 15.5 Å². The van der Waals surface area contributed by atoms with E-state index in [9.17, 15) is 41.4 Å². The molecule has 0 aliphatic carbocycles. The summed E-state index contributed by atoms with van der Waals surface area (Å²) in [6.07, 6.45) is -15.6. The molecule has 2 atom stereocenters. The zero-order valence-corrected chi connectivity index (χ0v) is 21.9. The Hall–Kier alpha value is -3.60. The number of hydrogen-bond acceptors (Lipinski definition) is 7. The van der Waals surface area contributed by atoms with Gasteiger partial charge in [-0.3, -0.25) is 4.57 Å². The largest absolute Gasteiger partial charge is 0.416 e. The Kier molecular flexibility index (Phi) is 8.67. The van der Waals surface area contributed by atoms with Crippen molar-refractivity contribution in [1.29, 1.82) is 0 Å². The predicted octanol–water partition coefficient (Wildman–Crippen LogP) is 3.91. The molecule has 2 heterocycles. The SMILES string of the molecule is O=c1n(Cc2nc(NCC(O)C(F)(F)F)n(-c3ccccc3Cl)n2)nc(-c2ccc(Cl)cc2)n1C[C@H](O)C(F)(F)F. The second-order valence-corrected chi connectivity index (χ2v) is 9.44. The standard InChI is InChI=1S/C23H19Cl2F6N7O3/c24-13-7-5-12(6-8-13)19-35-37(21(41)36(19)10-17(40)23(29,30)31)11-18-33-20(32-9-16(39)22(26,27)28)38(34-18)15-4-2-1-3-14(15)25/h1-8,16-17,39-40H,9-11H2,(H,32,33,34)/t16?,17-/m0/s1. The van der Waals surface area contributed by atoms with Crippen LogP contribution in [0.4, 0.5) is 32.3 Å². The van der Waals surface area contributed by atoms with E-state index in [4.69, 9.17) is 23.2 Å². The summed E-state index contributed by atoms with van der Waals surface area (Å²) in [4.78, 5) is 17.2. The Bertz CT molecular complexity index is 1570. The van der Waals surface area contributed by atoms with Gasteiger partial charge in [-0.15, -0.1) is 10.2 Å². The molecule has 0 radical (unpaired) electrons. The number of aliphatic hydroxyl groups is 2. The lowest BCUT2D eigenvalue weighted by Gasteiger charge is -2.15. The Morgan fingerprint density at radius 1 is 0.902 bits per heavy atom. The van der Waals surface area contributed by atoms with E-state index >= 15 is 0 Å². The molecular formula is C23H19Cl2F6N7O3. The summed E-state index contributed by atoms with van der Waals surface area (Å²) in [6, 6.07) is 11.8. The Balaban J connectivity index is 1.74. The van der Waals surface area contributed by atoms with Crippen molar-refractivity contribution < 1.29 is 36.6 Å². The van der Waals surface area contributed by atoms with Crippen LogP contribution in [-0.4, -0.2) is 70.4 Å².